The zero-order valence-electron chi connectivity index (χ0n) is 13.4. The molecular weight excluding hydrogens is 418 g/mol. The van der Waals surface area contributed by atoms with Gasteiger partial charge >= 0.3 is 0 Å². The molecule has 0 spiro atoms. The summed E-state index contributed by atoms with van der Waals surface area (Å²) in [6.45, 7) is 0. The number of ether oxygens (including phenoxy) is 3. The van der Waals surface area contributed by atoms with Crippen LogP contribution in [0.2, 0.25) is 0 Å². The summed E-state index contributed by atoms with van der Waals surface area (Å²) in [5, 5.41) is 4.91. The Labute approximate surface area is 164 Å². The summed E-state index contributed by atoms with van der Waals surface area (Å²) in [5.74, 6) is -0.504. The third kappa shape index (κ3) is 5.88. The molecule has 0 aliphatic heterocycles. The first kappa shape index (κ1) is 21.8. The molecule has 0 saturated heterocycles. The van der Waals surface area contributed by atoms with Crippen LogP contribution in [0.15, 0.2) is 12.1 Å². The van der Waals surface area contributed by atoms with Gasteiger partial charge in [-0.2, -0.15) is 0 Å². The molecule has 2 N–H and O–H groups in total. The second kappa shape index (κ2) is 10.0. The van der Waals surface area contributed by atoms with Crippen LogP contribution in [0.1, 0.15) is 11.7 Å². The molecule has 0 bridgehead atoms. The van der Waals surface area contributed by atoms with E-state index in [0.717, 1.165) is 0 Å². The highest BCUT2D eigenvalue weighted by atomic mass is 35.5. The van der Waals surface area contributed by atoms with Crippen LogP contribution >= 0.6 is 46.4 Å². The van der Waals surface area contributed by atoms with Crippen molar-refractivity contribution >= 4 is 58.2 Å². The minimum absolute atomic E-state index is 0.312. The predicted octanol–water partition coefficient (Wildman–Crippen LogP) is 2.55. The Balaban J connectivity index is 3.32. The van der Waals surface area contributed by atoms with Gasteiger partial charge < -0.3 is 24.8 Å². The second-order valence-corrected chi connectivity index (χ2v) is 6.70. The zero-order valence-corrected chi connectivity index (χ0v) is 16.5. The van der Waals surface area contributed by atoms with Crippen LogP contribution in [0.3, 0.4) is 0 Å². The van der Waals surface area contributed by atoms with Crippen LogP contribution < -0.4 is 24.8 Å². The molecule has 0 aliphatic rings. The number of hydrogen-bond donors (Lipinski definition) is 2. The number of alkyl halides is 4. The molecule has 1 aromatic carbocycles. The molecule has 11 heteroatoms. The lowest BCUT2D eigenvalue weighted by Gasteiger charge is -2.23. The Hall–Kier alpha value is -1.28. The van der Waals surface area contributed by atoms with E-state index in [0.29, 0.717) is 22.8 Å². The highest BCUT2D eigenvalue weighted by Crippen LogP contribution is 2.39. The average molecular weight is 434 g/mol. The van der Waals surface area contributed by atoms with E-state index in [1.165, 1.54) is 33.5 Å². The maximum atomic E-state index is 11.8. The van der Waals surface area contributed by atoms with Crippen molar-refractivity contribution in [2.75, 3.05) is 21.3 Å². The summed E-state index contributed by atoms with van der Waals surface area (Å²) >= 11 is 22.2. The van der Waals surface area contributed by atoms with Gasteiger partial charge in [-0.05, 0) is 12.1 Å². The summed E-state index contributed by atoms with van der Waals surface area (Å²) in [4.78, 5) is 21.0. The lowest BCUT2D eigenvalue weighted by Crippen LogP contribution is -2.44. The number of nitrogens with one attached hydrogen (secondary N) is 2. The fourth-order valence-corrected chi connectivity index (χ4v) is 2.13. The third-order valence-electron chi connectivity index (χ3n) is 2.99. The maximum absolute atomic E-state index is 11.8. The topological polar surface area (TPSA) is 85.9 Å². The monoisotopic (exact) mass is 432 g/mol. The molecule has 0 atom stereocenters. The fraction of sp³-hybridized carbons (Fsp3) is 0.429. The molecule has 2 amide bonds. The van der Waals surface area contributed by atoms with Gasteiger partial charge in [-0.15, -0.1) is 0 Å². The van der Waals surface area contributed by atoms with Gasteiger partial charge in [0.05, 0.1) is 21.3 Å². The smallest absolute Gasteiger partial charge is 0.255 e. The van der Waals surface area contributed by atoms with E-state index in [1.54, 1.807) is 0 Å². The predicted molar refractivity (Wildman–Crippen MR) is 96.1 cm³/mol. The largest absolute Gasteiger partial charge is 0.493 e. The Morgan fingerprint density at radius 1 is 0.840 bits per heavy atom. The summed E-state index contributed by atoms with van der Waals surface area (Å²) in [6, 6.07) is 3.06. The summed E-state index contributed by atoms with van der Waals surface area (Å²) < 4.78 is 15.7. The standard InChI is InChI=1S/C14H16Cl4N2O5/c1-23-7-4-6(5-8(24-2)9(7)25-3)12(19-13(21)10(15)16)20-14(22)11(17)18/h4-5,10-12H,1-3H3,(H,19,21)(H,20,22). The highest BCUT2D eigenvalue weighted by Gasteiger charge is 2.25. The van der Waals surface area contributed by atoms with Gasteiger partial charge in [-0.25, -0.2) is 0 Å². The van der Waals surface area contributed by atoms with Crippen molar-refractivity contribution in [1.82, 2.24) is 10.6 Å². The van der Waals surface area contributed by atoms with E-state index < -0.39 is 27.7 Å². The second-order valence-electron chi connectivity index (χ2n) is 4.51. The molecule has 0 radical (unpaired) electrons. The molecule has 0 saturated carbocycles. The molecule has 140 valence electrons. The first-order valence-corrected chi connectivity index (χ1v) is 8.46. The molecule has 0 unspecified atom stereocenters. The SMILES string of the molecule is COc1cc(C(NC(=O)C(Cl)Cl)NC(=O)C(Cl)Cl)cc(OC)c1OC. The van der Waals surface area contributed by atoms with Gasteiger partial charge in [0, 0.05) is 5.56 Å². The van der Waals surface area contributed by atoms with Crippen LogP contribution in [0, 0.1) is 0 Å². The average Bonchev–Trinajstić information content (AvgIpc) is 2.59. The molecule has 0 fully saturated rings. The third-order valence-corrected chi connectivity index (χ3v) is 3.78. The number of benzene rings is 1. The highest BCUT2D eigenvalue weighted by molar-refractivity contribution is 6.54. The van der Waals surface area contributed by atoms with E-state index in [9.17, 15) is 9.59 Å². The Morgan fingerprint density at radius 2 is 1.24 bits per heavy atom. The Kier molecular flexibility index (Phi) is 8.71. The van der Waals surface area contributed by atoms with E-state index in [-0.39, 0.29) is 0 Å². The number of rotatable bonds is 8. The van der Waals surface area contributed by atoms with Crippen molar-refractivity contribution in [1.29, 1.82) is 0 Å². The number of carbonyl (C=O) groups excluding carboxylic acids is 2. The van der Waals surface area contributed by atoms with Crippen molar-refractivity contribution in [3.05, 3.63) is 17.7 Å². The molecule has 7 nitrogen and oxygen atoms in total. The summed E-state index contributed by atoms with van der Waals surface area (Å²) in [5.41, 5.74) is 0.388. The van der Waals surface area contributed by atoms with Gasteiger partial charge in [-0.3, -0.25) is 9.59 Å². The minimum atomic E-state index is -1.34. The number of methoxy groups -OCH3 is 3. The van der Waals surface area contributed by atoms with Crippen LogP contribution in [-0.4, -0.2) is 42.8 Å². The van der Waals surface area contributed by atoms with E-state index in [1.807, 2.05) is 0 Å². The van der Waals surface area contributed by atoms with Crippen molar-refractivity contribution in [3.63, 3.8) is 0 Å². The molecule has 0 aliphatic carbocycles. The number of hydrogen-bond acceptors (Lipinski definition) is 5. The lowest BCUT2D eigenvalue weighted by atomic mass is 10.1. The quantitative estimate of drug-likeness (QED) is 0.486. The van der Waals surface area contributed by atoms with Crippen LogP contribution in [0.5, 0.6) is 17.2 Å². The molecule has 0 heterocycles. The Morgan fingerprint density at radius 3 is 1.52 bits per heavy atom. The zero-order chi connectivity index (χ0) is 19.1. The lowest BCUT2D eigenvalue weighted by molar-refractivity contribution is -0.122. The summed E-state index contributed by atoms with van der Waals surface area (Å²) in [6.07, 6.45) is -1.05. The molecule has 1 aromatic rings. The van der Waals surface area contributed by atoms with Gasteiger partial charge in [0.2, 0.25) is 5.75 Å². The molecule has 25 heavy (non-hydrogen) atoms. The van der Waals surface area contributed by atoms with Crippen LogP contribution in [0.4, 0.5) is 0 Å². The fourth-order valence-electron chi connectivity index (χ4n) is 1.88. The molecule has 1 rings (SSSR count). The van der Waals surface area contributed by atoms with Crippen LogP contribution in [-0.2, 0) is 9.59 Å². The van der Waals surface area contributed by atoms with Crippen molar-refractivity contribution in [3.8, 4) is 17.2 Å². The van der Waals surface area contributed by atoms with Gasteiger partial charge in [0.25, 0.3) is 11.8 Å². The van der Waals surface area contributed by atoms with Crippen molar-refractivity contribution in [2.45, 2.75) is 15.8 Å². The van der Waals surface area contributed by atoms with Crippen molar-refractivity contribution in [2.24, 2.45) is 0 Å². The first-order chi connectivity index (χ1) is 11.7. The minimum Gasteiger partial charge on any atom is -0.493 e. The van der Waals surface area contributed by atoms with E-state index >= 15 is 0 Å². The maximum Gasteiger partial charge on any atom is 0.255 e. The van der Waals surface area contributed by atoms with Crippen molar-refractivity contribution < 1.29 is 23.8 Å². The first-order valence-electron chi connectivity index (χ1n) is 6.72. The van der Waals surface area contributed by atoms with E-state index in [4.69, 9.17) is 60.6 Å². The van der Waals surface area contributed by atoms with Gasteiger partial charge in [-0.1, -0.05) is 46.4 Å². The van der Waals surface area contributed by atoms with E-state index in [2.05, 4.69) is 10.6 Å². The van der Waals surface area contributed by atoms with Gasteiger partial charge in [0.15, 0.2) is 21.2 Å². The molecule has 0 aromatic heterocycles. The van der Waals surface area contributed by atoms with Crippen LogP contribution in [0.25, 0.3) is 0 Å². The van der Waals surface area contributed by atoms with Gasteiger partial charge in [0.1, 0.15) is 6.17 Å². The number of carbonyl (C=O) groups is 2. The summed E-state index contributed by atoms with van der Waals surface area (Å²) in [7, 11) is 4.29. The number of amides is 2. The normalized spacial score (nSPS) is 10.8. The Bertz CT molecular complexity index is 580. The molecular formula is C14H16Cl4N2O5. The number of halogens is 4.